The molecule has 5 nitrogen and oxygen atoms in total. The van der Waals surface area contributed by atoms with Gasteiger partial charge in [-0.3, -0.25) is 0 Å². The van der Waals surface area contributed by atoms with Gasteiger partial charge in [0.25, 0.3) is 0 Å². The fraction of sp³-hybridized carbons (Fsp3) is 0.429. The van der Waals surface area contributed by atoms with E-state index in [4.69, 9.17) is 9.94 Å². The normalized spacial score (nSPS) is 21.9. The van der Waals surface area contributed by atoms with Crippen molar-refractivity contribution in [3.05, 3.63) is 35.9 Å². The third-order valence-corrected chi connectivity index (χ3v) is 3.88. The van der Waals surface area contributed by atoms with E-state index < -0.39 is 0 Å². The lowest BCUT2D eigenvalue weighted by Crippen LogP contribution is -2.29. The predicted molar refractivity (Wildman–Crippen MR) is 69.1 cm³/mol. The van der Waals surface area contributed by atoms with Gasteiger partial charge in [0.15, 0.2) is 0 Å². The molecule has 19 heavy (non-hydrogen) atoms. The summed E-state index contributed by atoms with van der Waals surface area (Å²) in [5, 5.41) is 12.3. The Morgan fingerprint density at radius 1 is 1.37 bits per heavy atom. The Labute approximate surface area is 111 Å². The van der Waals surface area contributed by atoms with Gasteiger partial charge in [-0.15, -0.1) is 0 Å². The van der Waals surface area contributed by atoms with Gasteiger partial charge in [-0.2, -0.15) is 0 Å². The lowest BCUT2D eigenvalue weighted by Gasteiger charge is -2.15. The Balaban J connectivity index is 1.57. The van der Waals surface area contributed by atoms with E-state index in [0.29, 0.717) is 18.8 Å². The van der Waals surface area contributed by atoms with Gasteiger partial charge in [-0.1, -0.05) is 35.5 Å². The number of nitrogens with zero attached hydrogens (tertiary/aromatic N) is 2. The first-order valence-corrected chi connectivity index (χ1v) is 6.41. The molecule has 1 saturated heterocycles. The Morgan fingerprint density at radius 2 is 2.11 bits per heavy atom. The summed E-state index contributed by atoms with van der Waals surface area (Å²) in [6.07, 6.45) is 1.65. The highest BCUT2D eigenvalue weighted by atomic mass is 16.6. The number of likely N-dealkylation sites (tertiary alicyclic amines) is 1. The van der Waals surface area contributed by atoms with Crippen LogP contribution in [-0.2, 0) is 11.3 Å². The van der Waals surface area contributed by atoms with Gasteiger partial charge < -0.3 is 14.8 Å². The van der Waals surface area contributed by atoms with Gasteiger partial charge in [-0.05, 0) is 18.4 Å². The van der Waals surface area contributed by atoms with Crippen LogP contribution in [0.2, 0.25) is 0 Å². The van der Waals surface area contributed by atoms with Crippen molar-refractivity contribution in [1.29, 1.82) is 0 Å². The molecular formula is C14H16N2O3. The maximum absolute atomic E-state index is 12.0. The minimum Gasteiger partial charge on any atom is -0.445 e. The minimum atomic E-state index is -0.339. The van der Waals surface area contributed by atoms with E-state index in [2.05, 4.69) is 5.16 Å². The quantitative estimate of drug-likeness (QED) is 0.655. The lowest BCUT2D eigenvalue weighted by molar-refractivity contribution is 0.103. The molecule has 2 fully saturated rings. The van der Waals surface area contributed by atoms with Crippen LogP contribution in [-0.4, -0.2) is 35.0 Å². The van der Waals surface area contributed by atoms with Crippen LogP contribution in [0.1, 0.15) is 18.4 Å². The molecule has 1 spiro atoms. The second-order valence-corrected chi connectivity index (χ2v) is 5.22. The lowest BCUT2D eigenvalue weighted by atomic mass is 10.1. The number of amides is 1. The van der Waals surface area contributed by atoms with Gasteiger partial charge in [0, 0.05) is 12.0 Å². The average molecular weight is 260 g/mol. The molecule has 1 aromatic rings. The summed E-state index contributed by atoms with van der Waals surface area (Å²) in [6.45, 7) is 1.26. The van der Waals surface area contributed by atoms with Crippen molar-refractivity contribution in [1.82, 2.24) is 4.90 Å². The summed E-state index contributed by atoms with van der Waals surface area (Å²) in [5.41, 5.74) is 1.62. The molecule has 1 aliphatic carbocycles. The van der Waals surface area contributed by atoms with E-state index >= 15 is 0 Å². The molecule has 0 atom stereocenters. The highest BCUT2D eigenvalue weighted by Gasteiger charge is 2.54. The van der Waals surface area contributed by atoms with Crippen molar-refractivity contribution in [3.63, 3.8) is 0 Å². The SMILES string of the molecule is O=C(OCc1ccccc1)N1CC(=NO)C2(CC2)C1. The van der Waals surface area contributed by atoms with Gasteiger partial charge in [0.2, 0.25) is 0 Å². The van der Waals surface area contributed by atoms with E-state index in [9.17, 15) is 4.79 Å². The fourth-order valence-corrected chi connectivity index (χ4v) is 2.54. The number of ether oxygens (including phenoxy) is 1. The molecule has 0 bridgehead atoms. The van der Waals surface area contributed by atoms with Crippen LogP contribution >= 0.6 is 0 Å². The summed E-state index contributed by atoms with van der Waals surface area (Å²) in [7, 11) is 0. The topological polar surface area (TPSA) is 62.1 Å². The van der Waals surface area contributed by atoms with Gasteiger partial charge in [0.05, 0.1) is 12.3 Å². The standard InChI is InChI=1S/C14H16N2O3/c17-13(19-9-11-4-2-1-3-5-11)16-8-12(15-18)14(10-16)6-7-14/h1-5,18H,6-10H2. The number of rotatable bonds is 2. The van der Waals surface area contributed by atoms with Crippen LogP contribution in [0.25, 0.3) is 0 Å². The predicted octanol–water partition coefficient (Wildman–Crippen LogP) is 2.25. The Morgan fingerprint density at radius 3 is 2.68 bits per heavy atom. The third-order valence-electron chi connectivity index (χ3n) is 3.88. The third kappa shape index (κ3) is 2.28. The van der Waals surface area contributed by atoms with E-state index in [1.165, 1.54) is 0 Å². The van der Waals surface area contributed by atoms with E-state index in [1.807, 2.05) is 30.3 Å². The van der Waals surface area contributed by atoms with Crippen molar-refractivity contribution in [3.8, 4) is 0 Å². The zero-order valence-electron chi connectivity index (χ0n) is 10.6. The minimum absolute atomic E-state index is 0.0550. The molecule has 100 valence electrons. The van der Waals surface area contributed by atoms with E-state index in [-0.39, 0.29) is 18.1 Å². The summed E-state index contributed by atoms with van der Waals surface area (Å²) in [6, 6.07) is 9.58. The Hall–Kier alpha value is -2.04. The average Bonchev–Trinajstić information content (AvgIpc) is 3.11. The zero-order valence-corrected chi connectivity index (χ0v) is 10.6. The van der Waals surface area contributed by atoms with Crippen molar-refractivity contribution in [2.75, 3.05) is 13.1 Å². The number of hydrogen-bond acceptors (Lipinski definition) is 4. The second-order valence-electron chi connectivity index (χ2n) is 5.22. The van der Waals surface area contributed by atoms with Crippen LogP contribution < -0.4 is 0 Å². The molecule has 1 aromatic carbocycles. The van der Waals surface area contributed by atoms with Gasteiger partial charge in [-0.25, -0.2) is 4.79 Å². The molecule has 1 N–H and O–H groups in total. The van der Waals surface area contributed by atoms with Gasteiger partial charge in [0.1, 0.15) is 6.61 Å². The fourth-order valence-electron chi connectivity index (χ4n) is 2.54. The highest BCUT2D eigenvalue weighted by molar-refractivity contribution is 5.98. The number of hydrogen-bond donors (Lipinski definition) is 1. The zero-order chi connectivity index (χ0) is 13.3. The summed E-state index contributed by atoms with van der Waals surface area (Å²) in [5.74, 6) is 0. The molecule has 1 aliphatic heterocycles. The maximum Gasteiger partial charge on any atom is 0.410 e. The first-order valence-electron chi connectivity index (χ1n) is 6.41. The molecule has 0 radical (unpaired) electrons. The summed E-state index contributed by atoms with van der Waals surface area (Å²) in [4.78, 5) is 13.6. The molecular weight excluding hydrogens is 244 g/mol. The van der Waals surface area contributed by atoms with Crippen LogP contribution in [0.5, 0.6) is 0 Å². The number of benzene rings is 1. The molecule has 2 aliphatic rings. The molecule has 1 amide bonds. The maximum atomic E-state index is 12.0. The Kier molecular flexibility index (Phi) is 2.89. The van der Waals surface area contributed by atoms with Crippen LogP contribution in [0.15, 0.2) is 35.5 Å². The van der Waals surface area contributed by atoms with Gasteiger partial charge >= 0.3 is 6.09 Å². The molecule has 0 unspecified atom stereocenters. The first-order chi connectivity index (χ1) is 9.23. The number of oxime groups is 1. The second kappa shape index (κ2) is 4.57. The molecule has 1 heterocycles. The Bertz CT molecular complexity index is 509. The van der Waals surface area contributed by atoms with Crippen LogP contribution in [0.4, 0.5) is 4.79 Å². The first kappa shape index (κ1) is 12.0. The van der Waals surface area contributed by atoms with E-state index in [1.54, 1.807) is 4.90 Å². The van der Waals surface area contributed by atoms with Crippen molar-refractivity contribution < 1.29 is 14.7 Å². The van der Waals surface area contributed by atoms with Crippen molar-refractivity contribution in [2.24, 2.45) is 10.6 Å². The smallest absolute Gasteiger partial charge is 0.410 e. The number of carbonyl (C=O) groups is 1. The van der Waals surface area contributed by atoms with E-state index in [0.717, 1.165) is 18.4 Å². The molecule has 5 heteroatoms. The summed E-state index contributed by atoms with van der Waals surface area (Å²) >= 11 is 0. The largest absolute Gasteiger partial charge is 0.445 e. The molecule has 3 rings (SSSR count). The highest BCUT2D eigenvalue weighted by Crippen LogP contribution is 2.51. The molecule has 1 saturated carbocycles. The summed E-state index contributed by atoms with van der Waals surface area (Å²) < 4.78 is 5.28. The monoisotopic (exact) mass is 260 g/mol. The van der Waals surface area contributed by atoms with Crippen molar-refractivity contribution >= 4 is 11.8 Å². The van der Waals surface area contributed by atoms with Crippen molar-refractivity contribution in [2.45, 2.75) is 19.4 Å². The molecule has 0 aromatic heterocycles. The van der Waals surface area contributed by atoms with Crippen LogP contribution in [0.3, 0.4) is 0 Å². The number of carbonyl (C=O) groups excluding carboxylic acids is 1. The van der Waals surface area contributed by atoms with Crippen LogP contribution in [0, 0.1) is 5.41 Å².